The van der Waals surface area contributed by atoms with Crippen molar-refractivity contribution in [3.05, 3.63) is 34.4 Å². The summed E-state index contributed by atoms with van der Waals surface area (Å²) in [7, 11) is -3.93. The highest BCUT2D eigenvalue weighted by molar-refractivity contribution is 7.89. The van der Waals surface area contributed by atoms with Crippen LogP contribution in [0.25, 0.3) is 0 Å². The van der Waals surface area contributed by atoms with E-state index in [0.29, 0.717) is 18.4 Å². The van der Waals surface area contributed by atoms with E-state index in [4.69, 9.17) is 0 Å². The molecule has 1 aliphatic heterocycles. The van der Waals surface area contributed by atoms with E-state index in [2.05, 4.69) is 23.5 Å². The highest BCUT2D eigenvalue weighted by Crippen LogP contribution is 2.24. The third kappa shape index (κ3) is 4.75. The number of sulfonamides is 1. The molecule has 24 heavy (non-hydrogen) atoms. The van der Waals surface area contributed by atoms with Crippen molar-refractivity contribution in [2.75, 3.05) is 19.6 Å². The Morgan fingerprint density at radius 3 is 2.46 bits per heavy atom. The van der Waals surface area contributed by atoms with Gasteiger partial charge in [-0.25, -0.2) is 13.1 Å². The molecule has 1 fully saturated rings. The highest BCUT2D eigenvalue weighted by atomic mass is 32.2. The monoisotopic (exact) mass is 355 g/mol. The summed E-state index contributed by atoms with van der Waals surface area (Å²) in [4.78, 5) is 12.3. The van der Waals surface area contributed by atoms with Gasteiger partial charge < -0.3 is 4.90 Å². The molecule has 0 spiro atoms. The third-order valence-electron chi connectivity index (χ3n) is 4.18. The number of rotatable bonds is 6. The van der Waals surface area contributed by atoms with Crippen LogP contribution < -0.4 is 4.72 Å². The maximum atomic E-state index is 12.5. The van der Waals surface area contributed by atoms with Crippen LogP contribution in [0.5, 0.6) is 0 Å². The third-order valence-corrected chi connectivity index (χ3v) is 5.82. The average Bonchev–Trinajstić information content (AvgIpc) is 2.45. The van der Waals surface area contributed by atoms with Gasteiger partial charge in [0.15, 0.2) is 4.90 Å². The lowest BCUT2D eigenvalue weighted by atomic mass is 9.92. The Hall–Kier alpha value is -1.51. The first-order valence-electron chi connectivity index (χ1n) is 8.17. The number of nitrogens with zero attached hydrogens (tertiary/aromatic N) is 2. The van der Waals surface area contributed by atoms with Crippen LogP contribution in [-0.4, -0.2) is 43.9 Å². The summed E-state index contributed by atoms with van der Waals surface area (Å²) < 4.78 is 27.6. The molecule has 1 aromatic rings. The quantitative estimate of drug-likeness (QED) is 0.624. The van der Waals surface area contributed by atoms with Crippen molar-refractivity contribution in [1.29, 1.82) is 0 Å². The number of piperidine rings is 1. The van der Waals surface area contributed by atoms with Crippen LogP contribution in [0, 0.1) is 22.0 Å². The predicted octanol–water partition coefficient (Wildman–Crippen LogP) is 2.24. The van der Waals surface area contributed by atoms with Gasteiger partial charge in [0.05, 0.1) is 4.92 Å². The van der Waals surface area contributed by atoms with E-state index in [-0.39, 0.29) is 10.9 Å². The zero-order valence-corrected chi connectivity index (χ0v) is 15.1. The van der Waals surface area contributed by atoms with Crippen LogP contribution in [-0.2, 0) is 10.0 Å². The molecule has 1 aromatic carbocycles. The van der Waals surface area contributed by atoms with E-state index >= 15 is 0 Å². The topological polar surface area (TPSA) is 92.6 Å². The number of nitro groups is 1. The summed E-state index contributed by atoms with van der Waals surface area (Å²) in [6.07, 6.45) is 1.19. The van der Waals surface area contributed by atoms with Crippen LogP contribution in [0.3, 0.4) is 0 Å². The summed E-state index contributed by atoms with van der Waals surface area (Å²) >= 11 is 0. The van der Waals surface area contributed by atoms with Gasteiger partial charge in [0, 0.05) is 31.7 Å². The molecule has 134 valence electrons. The maximum absolute atomic E-state index is 12.5. The number of benzene rings is 1. The van der Waals surface area contributed by atoms with Crippen molar-refractivity contribution in [2.24, 2.45) is 11.8 Å². The number of para-hydroxylation sites is 1. The van der Waals surface area contributed by atoms with Gasteiger partial charge in [-0.1, -0.05) is 26.0 Å². The van der Waals surface area contributed by atoms with Crippen LogP contribution in [0.15, 0.2) is 29.2 Å². The van der Waals surface area contributed by atoms with Crippen LogP contribution in [0.2, 0.25) is 0 Å². The van der Waals surface area contributed by atoms with Crippen molar-refractivity contribution in [2.45, 2.75) is 38.1 Å². The van der Waals surface area contributed by atoms with E-state index in [1.807, 2.05) is 0 Å². The average molecular weight is 355 g/mol. The largest absolute Gasteiger partial charge is 0.301 e. The van der Waals surface area contributed by atoms with Gasteiger partial charge in [-0.05, 0) is 31.2 Å². The molecular formula is C16H25N3O4S. The Balaban J connectivity index is 2.08. The fraction of sp³-hybridized carbons (Fsp3) is 0.625. The second-order valence-corrected chi connectivity index (χ2v) is 8.59. The molecule has 0 aromatic heterocycles. The lowest BCUT2D eigenvalue weighted by Gasteiger charge is -2.36. The molecule has 1 heterocycles. The van der Waals surface area contributed by atoms with Crippen LogP contribution in [0.1, 0.15) is 27.2 Å². The Kier molecular flexibility index (Phi) is 5.95. The smallest absolute Gasteiger partial charge is 0.289 e. The number of hydrogen-bond acceptors (Lipinski definition) is 5. The van der Waals surface area contributed by atoms with Gasteiger partial charge in [0.25, 0.3) is 5.69 Å². The second-order valence-electron chi connectivity index (χ2n) is 6.91. The summed E-state index contributed by atoms with van der Waals surface area (Å²) in [5.74, 6) is 1.18. The molecule has 0 amide bonds. The molecule has 0 radical (unpaired) electrons. The van der Waals surface area contributed by atoms with Gasteiger partial charge in [-0.3, -0.25) is 10.1 Å². The highest BCUT2D eigenvalue weighted by Gasteiger charge is 2.28. The molecule has 8 heteroatoms. The first-order valence-corrected chi connectivity index (χ1v) is 9.65. The normalized spacial score (nSPS) is 23.8. The van der Waals surface area contributed by atoms with Gasteiger partial charge >= 0.3 is 0 Å². The van der Waals surface area contributed by atoms with Crippen molar-refractivity contribution >= 4 is 15.7 Å². The first-order chi connectivity index (χ1) is 11.2. The van der Waals surface area contributed by atoms with E-state index in [1.165, 1.54) is 30.7 Å². The van der Waals surface area contributed by atoms with Gasteiger partial charge in [0.2, 0.25) is 10.0 Å². The van der Waals surface area contributed by atoms with Gasteiger partial charge in [-0.15, -0.1) is 0 Å². The van der Waals surface area contributed by atoms with Crippen molar-refractivity contribution in [3.63, 3.8) is 0 Å². The minimum Gasteiger partial charge on any atom is -0.301 e. The fourth-order valence-electron chi connectivity index (χ4n) is 3.53. The molecule has 1 aliphatic rings. The molecular weight excluding hydrogens is 330 g/mol. The minimum absolute atomic E-state index is 0.290. The van der Waals surface area contributed by atoms with E-state index in [9.17, 15) is 18.5 Å². The fourth-order valence-corrected chi connectivity index (χ4v) is 4.94. The van der Waals surface area contributed by atoms with Crippen LogP contribution >= 0.6 is 0 Å². The minimum atomic E-state index is -3.93. The lowest BCUT2D eigenvalue weighted by molar-refractivity contribution is -0.387. The Labute approximate surface area is 143 Å². The molecule has 2 rings (SSSR count). The summed E-state index contributed by atoms with van der Waals surface area (Å²) in [6.45, 7) is 8.67. The standard InChI is InChI=1S/C16H25N3O4S/c1-12-8-13(2)10-18(9-12)11-14(3)17-24(22,23)16-7-5-4-6-15(16)19(20)21/h4-7,12-14,17H,8-11H2,1-3H3. The van der Waals surface area contributed by atoms with E-state index in [1.54, 1.807) is 6.92 Å². The molecule has 7 nitrogen and oxygen atoms in total. The summed E-state index contributed by atoms with van der Waals surface area (Å²) in [6, 6.07) is 5.08. The maximum Gasteiger partial charge on any atom is 0.289 e. The van der Waals surface area contributed by atoms with Crippen molar-refractivity contribution in [3.8, 4) is 0 Å². The molecule has 0 aliphatic carbocycles. The van der Waals surface area contributed by atoms with Crippen LogP contribution in [0.4, 0.5) is 5.69 Å². The Bertz CT molecular complexity index is 682. The first kappa shape index (κ1) is 18.8. The summed E-state index contributed by atoms with van der Waals surface area (Å²) in [5, 5.41) is 11.0. The molecule has 1 N–H and O–H groups in total. The predicted molar refractivity (Wildman–Crippen MR) is 92.3 cm³/mol. The Morgan fingerprint density at radius 1 is 1.29 bits per heavy atom. The second kappa shape index (κ2) is 7.58. The van der Waals surface area contributed by atoms with Crippen molar-refractivity contribution < 1.29 is 13.3 Å². The number of nitro benzene ring substituents is 1. The number of hydrogen-bond donors (Lipinski definition) is 1. The molecule has 3 atom stereocenters. The number of nitrogens with one attached hydrogen (secondary N) is 1. The SMILES string of the molecule is CC1CC(C)CN(CC(C)NS(=O)(=O)c2ccccc2[N+](=O)[O-])C1. The van der Waals surface area contributed by atoms with Gasteiger partial charge in [-0.2, -0.15) is 0 Å². The number of likely N-dealkylation sites (tertiary alicyclic amines) is 1. The zero-order valence-electron chi connectivity index (χ0n) is 14.3. The van der Waals surface area contributed by atoms with E-state index in [0.717, 1.165) is 13.1 Å². The molecule has 0 bridgehead atoms. The summed E-state index contributed by atoms with van der Waals surface area (Å²) in [5.41, 5.74) is -0.405. The molecule has 0 saturated carbocycles. The lowest BCUT2D eigenvalue weighted by Crippen LogP contribution is -2.46. The Morgan fingerprint density at radius 2 is 1.88 bits per heavy atom. The van der Waals surface area contributed by atoms with E-state index < -0.39 is 20.6 Å². The molecule has 3 unspecified atom stereocenters. The molecule has 1 saturated heterocycles. The van der Waals surface area contributed by atoms with Crippen molar-refractivity contribution in [1.82, 2.24) is 9.62 Å². The zero-order chi connectivity index (χ0) is 17.9. The van der Waals surface area contributed by atoms with Gasteiger partial charge in [0.1, 0.15) is 0 Å².